The molecule has 0 aromatic heterocycles. The van der Waals surface area contributed by atoms with Crippen molar-refractivity contribution in [3.05, 3.63) is 0 Å². The molecule has 0 radical (unpaired) electrons. The van der Waals surface area contributed by atoms with Gasteiger partial charge in [0, 0.05) is 82.7 Å². The maximum Gasteiger partial charge on any atom is 0.171 e. The molecule has 4 aliphatic heterocycles. The van der Waals surface area contributed by atoms with E-state index in [4.69, 9.17) is 4.74 Å². The largest absolute Gasteiger partial charge is 0.365 e. The number of aliphatic hydroxyl groups is 1. The first kappa shape index (κ1) is 20.7. The number of nitrogens with one attached hydrogen (secondary N) is 2. The Labute approximate surface area is 176 Å². The van der Waals surface area contributed by atoms with Crippen molar-refractivity contribution in [3.63, 3.8) is 0 Å². The molecule has 1 aliphatic carbocycles. The zero-order valence-corrected chi connectivity index (χ0v) is 18.8. The van der Waals surface area contributed by atoms with Crippen molar-refractivity contribution in [1.82, 2.24) is 20.4 Å². The van der Waals surface area contributed by atoms with E-state index in [9.17, 15) is 5.11 Å². The van der Waals surface area contributed by atoms with Crippen LogP contribution in [-0.4, -0.2) is 90.7 Å². The van der Waals surface area contributed by atoms with Gasteiger partial charge in [-0.25, -0.2) is 0 Å². The van der Waals surface area contributed by atoms with Gasteiger partial charge in [-0.1, -0.05) is 20.8 Å². The van der Waals surface area contributed by atoms with Crippen molar-refractivity contribution in [3.8, 4) is 0 Å². The van der Waals surface area contributed by atoms with Crippen LogP contribution in [0.2, 0.25) is 0 Å². The lowest BCUT2D eigenvalue weighted by molar-refractivity contribution is -0.316. The van der Waals surface area contributed by atoms with Crippen LogP contribution in [0.4, 0.5) is 0 Å². The molecule has 1 spiro atoms. The first-order chi connectivity index (χ1) is 13.9. The van der Waals surface area contributed by atoms with Gasteiger partial charge >= 0.3 is 0 Å². The number of fused-ring (bicyclic) bond motifs is 1. The molecule has 1 saturated carbocycles. The average molecular weight is 407 g/mol. The van der Waals surface area contributed by atoms with Crippen molar-refractivity contribution in [2.45, 2.75) is 63.4 Å². The molecule has 166 valence electrons. The highest BCUT2D eigenvalue weighted by Gasteiger charge is 2.73. The first-order valence-electron chi connectivity index (χ1n) is 12.2. The summed E-state index contributed by atoms with van der Waals surface area (Å²) < 4.78 is 6.80. The lowest BCUT2D eigenvalue weighted by Crippen LogP contribution is -2.72. The Kier molecular flexibility index (Phi) is 5.28. The number of hydrogen-bond donors (Lipinski definition) is 3. The fourth-order valence-electron chi connectivity index (χ4n) is 7.89. The third-order valence-electron chi connectivity index (χ3n) is 9.26. The molecule has 0 amide bonds. The summed E-state index contributed by atoms with van der Waals surface area (Å²) in [4.78, 5) is 5.45. The van der Waals surface area contributed by atoms with Crippen molar-refractivity contribution >= 4 is 0 Å². The third-order valence-corrected chi connectivity index (χ3v) is 9.26. The van der Waals surface area contributed by atoms with Crippen LogP contribution in [-0.2, 0) is 4.74 Å². The van der Waals surface area contributed by atoms with Gasteiger partial charge in [0.25, 0.3) is 0 Å². The summed E-state index contributed by atoms with van der Waals surface area (Å²) >= 11 is 0. The summed E-state index contributed by atoms with van der Waals surface area (Å²) in [5.74, 6) is 0.793. The SMILES string of the molecule is CC(C)C1CC23OC1(O)CC(CN1CCNCC1)(N1CCNCC1)C2CCC3C. The normalized spacial score (nSPS) is 48.9. The first-order valence-corrected chi connectivity index (χ1v) is 12.2. The molecule has 0 aromatic rings. The fourth-order valence-corrected chi connectivity index (χ4v) is 7.89. The predicted molar refractivity (Wildman–Crippen MR) is 115 cm³/mol. The Morgan fingerprint density at radius 3 is 2.34 bits per heavy atom. The van der Waals surface area contributed by atoms with Crippen molar-refractivity contribution in [1.29, 1.82) is 0 Å². The molecule has 0 aromatic carbocycles. The molecular weight excluding hydrogens is 364 g/mol. The van der Waals surface area contributed by atoms with Crippen molar-refractivity contribution in [2.24, 2.45) is 23.7 Å². The van der Waals surface area contributed by atoms with Crippen LogP contribution in [0, 0.1) is 23.7 Å². The van der Waals surface area contributed by atoms with Gasteiger partial charge in [-0.3, -0.25) is 9.80 Å². The summed E-state index contributed by atoms with van der Waals surface area (Å²) in [6.07, 6.45) is 4.31. The zero-order chi connectivity index (χ0) is 20.3. The van der Waals surface area contributed by atoms with Gasteiger partial charge < -0.3 is 20.5 Å². The highest BCUT2D eigenvalue weighted by molar-refractivity contribution is 5.22. The van der Waals surface area contributed by atoms with Crippen molar-refractivity contribution < 1.29 is 9.84 Å². The standard InChI is InChI=1S/C23H42N4O2/c1-17(2)19-14-22-18(3)4-5-20(22)21(15-23(19,28)29-22,27-12-8-25-9-13-27)16-26-10-6-24-7-11-26/h17-20,24-25,28H,4-16H2,1-3H3. The van der Waals surface area contributed by atoms with E-state index in [2.05, 4.69) is 41.2 Å². The van der Waals surface area contributed by atoms with Crippen LogP contribution < -0.4 is 10.6 Å². The third kappa shape index (κ3) is 3.13. The highest BCUT2D eigenvalue weighted by Crippen LogP contribution is 2.66. The molecule has 5 fully saturated rings. The van der Waals surface area contributed by atoms with Crippen LogP contribution in [0.25, 0.3) is 0 Å². The van der Waals surface area contributed by atoms with E-state index in [-0.39, 0.29) is 17.1 Å². The van der Waals surface area contributed by atoms with Gasteiger partial charge in [0.15, 0.2) is 5.79 Å². The van der Waals surface area contributed by atoms with Crippen molar-refractivity contribution in [2.75, 3.05) is 58.9 Å². The highest BCUT2D eigenvalue weighted by atomic mass is 16.7. The molecule has 2 bridgehead atoms. The lowest BCUT2D eigenvalue weighted by Gasteiger charge is -2.60. The van der Waals surface area contributed by atoms with Gasteiger partial charge in [-0.05, 0) is 31.1 Å². The second-order valence-electron chi connectivity index (χ2n) is 11.0. The summed E-state index contributed by atoms with van der Waals surface area (Å²) in [5.41, 5.74) is -0.109. The maximum absolute atomic E-state index is 12.0. The van der Waals surface area contributed by atoms with Gasteiger partial charge in [0.1, 0.15) is 0 Å². The van der Waals surface area contributed by atoms with E-state index in [1.54, 1.807) is 0 Å². The molecule has 4 heterocycles. The van der Waals surface area contributed by atoms with Crippen LogP contribution in [0.15, 0.2) is 0 Å². The molecule has 4 saturated heterocycles. The van der Waals surface area contributed by atoms with Gasteiger partial charge in [0.2, 0.25) is 0 Å². The second kappa shape index (κ2) is 7.42. The Balaban J connectivity index is 1.57. The zero-order valence-electron chi connectivity index (χ0n) is 18.8. The maximum atomic E-state index is 12.0. The quantitative estimate of drug-likeness (QED) is 0.650. The second-order valence-corrected chi connectivity index (χ2v) is 11.0. The molecule has 6 nitrogen and oxygen atoms in total. The van der Waals surface area contributed by atoms with E-state index in [0.29, 0.717) is 17.8 Å². The van der Waals surface area contributed by atoms with Crippen LogP contribution >= 0.6 is 0 Å². The Morgan fingerprint density at radius 2 is 1.69 bits per heavy atom. The molecule has 5 aliphatic rings. The van der Waals surface area contributed by atoms with Gasteiger partial charge in [-0.2, -0.15) is 0 Å². The summed E-state index contributed by atoms with van der Waals surface area (Å²) in [6.45, 7) is 16.7. The molecular formula is C23H42N4O2. The molecule has 6 heteroatoms. The van der Waals surface area contributed by atoms with Gasteiger partial charge in [-0.15, -0.1) is 0 Å². The lowest BCUT2D eigenvalue weighted by atomic mass is 9.68. The minimum Gasteiger partial charge on any atom is -0.365 e. The molecule has 6 unspecified atom stereocenters. The van der Waals surface area contributed by atoms with E-state index >= 15 is 0 Å². The number of piperazine rings is 2. The van der Waals surface area contributed by atoms with Crippen LogP contribution in [0.1, 0.15) is 46.5 Å². The fraction of sp³-hybridized carbons (Fsp3) is 1.00. The predicted octanol–water partition coefficient (Wildman–Crippen LogP) is 1.11. The molecule has 29 heavy (non-hydrogen) atoms. The van der Waals surface area contributed by atoms with E-state index < -0.39 is 5.79 Å². The van der Waals surface area contributed by atoms with Crippen LogP contribution in [0.3, 0.4) is 0 Å². The number of hydrogen-bond acceptors (Lipinski definition) is 6. The number of ether oxygens (including phenoxy) is 1. The molecule has 5 rings (SSSR count). The summed E-state index contributed by atoms with van der Waals surface area (Å²) in [5, 5.41) is 19.1. The van der Waals surface area contributed by atoms with Gasteiger partial charge in [0.05, 0.1) is 5.60 Å². The van der Waals surface area contributed by atoms with E-state index in [1.165, 1.54) is 12.8 Å². The average Bonchev–Trinajstić information content (AvgIpc) is 3.18. The van der Waals surface area contributed by atoms with Crippen LogP contribution in [0.5, 0.6) is 0 Å². The number of rotatable bonds is 4. The smallest absolute Gasteiger partial charge is 0.171 e. The summed E-state index contributed by atoms with van der Waals surface area (Å²) in [6, 6.07) is 0. The molecule has 6 atom stereocenters. The topological polar surface area (TPSA) is 60.0 Å². The Morgan fingerprint density at radius 1 is 1.03 bits per heavy atom. The monoisotopic (exact) mass is 406 g/mol. The Hall–Kier alpha value is -0.240. The molecule has 3 N–H and O–H groups in total. The Bertz CT molecular complexity index is 606. The minimum absolute atomic E-state index is 0.0286. The minimum atomic E-state index is -0.970. The summed E-state index contributed by atoms with van der Waals surface area (Å²) in [7, 11) is 0. The van der Waals surface area contributed by atoms with E-state index in [0.717, 1.165) is 71.7 Å². The number of nitrogens with zero attached hydrogens (tertiary/aromatic N) is 2. The van der Waals surface area contributed by atoms with E-state index in [1.807, 2.05) is 0 Å².